The minimum Gasteiger partial charge on any atom is -0.357 e. The van der Waals surface area contributed by atoms with E-state index in [2.05, 4.69) is 20.6 Å². The largest absolute Gasteiger partial charge is 0.357 e. The van der Waals surface area contributed by atoms with Gasteiger partial charge in [0, 0.05) is 38.8 Å². The molecule has 0 aliphatic carbocycles. The van der Waals surface area contributed by atoms with Crippen molar-refractivity contribution in [2.24, 2.45) is 4.99 Å². The molecular formula is C18H27N5O2S2. The highest BCUT2D eigenvalue weighted by molar-refractivity contribution is 7.90. The molecule has 0 spiro atoms. The third kappa shape index (κ3) is 6.84. The standard InChI is InChI=1S/C18H27N5O2S2/c1-5-19-17(21-12-15-13-26-18(22-15)23(2)3)20-11-10-14-6-8-16(9-7-14)27(4,24)25/h6-9,13H,5,10-12H2,1-4H3,(H2,19,20,21). The van der Waals surface area contributed by atoms with Crippen LogP contribution in [0.15, 0.2) is 39.5 Å². The highest BCUT2D eigenvalue weighted by atomic mass is 32.2. The number of aromatic nitrogens is 1. The number of anilines is 1. The minimum atomic E-state index is -3.15. The number of nitrogens with one attached hydrogen (secondary N) is 2. The van der Waals surface area contributed by atoms with Crippen LogP contribution in [0.2, 0.25) is 0 Å². The first-order valence-electron chi connectivity index (χ1n) is 8.72. The SMILES string of the molecule is CCNC(=NCc1csc(N(C)C)n1)NCCc1ccc(S(C)(=O)=O)cc1. The van der Waals surface area contributed by atoms with Gasteiger partial charge in [0.1, 0.15) is 0 Å². The van der Waals surface area contributed by atoms with E-state index in [0.717, 1.165) is 35.3 Å². The van der Waals surface area contributed by atoms with Gasteiger partial charge < -0.3 is 15.5 Å². The maximum Gasteiger partial charge on any atom is 0.191 e. The predicted molar refractivity (Wildman–Crippen MR) is 113 cm³/mol. The zero-order valence-electron chi connectivity index (χ0n) is 16.2. The molecule has 1 aromatic heterocycles. The molecule has 0 saturated heterocycles. The van der Waals surface area contributed by atoms with Gasteiger partial charge >= 0.3 is 0 Å². The van der Waals surface area contributed by atoms with E-state index in [9.17, 15) is 8.42 Å². The van der Waals surface area contributed by atoms with Crippen molar-refractivity contribution in [1.29, 1.82) is 0 Å². The molecule has 9 heteroatoms. The van der Waals surface area contributed by atoms with Crippen LogP contribution in [-0.2, 0) is 22.8 Å². The van der Waals surface area contributed by atoms with Crippen molar-refractivity contribution in [3.8, 4) is 0 Å². The van der Waals surface area contributed by atoms with Gasteiger partial charge in [-0.05, 0) is 31.0 Å². The molecule has 0 amide bonds. The minimum absolute atomic E-state index is 0.342. The molecule has 0 radical (unpaired) electrons. The van der Waals surface area contributed by atoms with Crippen LogP contribution in [0.5, 0.6) is 0 Å². The van der Waals surface area contributed by atoms with E-state index in [-0.39, 0.29) is 0 Å². The van der Waals surface area contributed by atoms with Crippen LogP contribution >= 0.6 is 11.3 Å². The second-order valence-corrected chi connectivity index (χ2v) is 9.16. The lowest BCUT2D eigenvalue weighted by Gasteiger charge is -2.11. The van der Waals surface area contributed by atoms with Crippen LogP contribution in [-0.4, -0.2) is 52.8 Å². The molecule has 0 atom stereocenters. The lowest BCUT2D eigenvalue weighted by molar-refractivity contribution is 0.602. The first-order valence-corrected chi connectivity index (χ1v) is 11.5. The number of aliphatic imine (C=N–C) groups is 1. The summed E-state index contributed by atoms with van der Waals surface area (Å²) >= 11 is 1.60. The number of hydrogen-bond acceptors (Lipinski definition) is 6. The van der Waals surface area contributed by atoms with E-state index >= 15 is 0 Å². The number of benzene rings is 1. The summed E-state index contributed by atoms with van der Waals surface area (Å²) in [7, 11) is 0.793. The van der Waals surface area contributed by atoms with Crippen LogP contribution in [0.25, 0.3) is 0 Å². The van der Waals surface area contributed by atoms with Crippen LogP contribution in [0.3, 0.4) is 0 Å². The molecule has 27 heavy (non-hydrogen) atoms. The van der Waals surface area contributed by atoms with Crippen molar-refractivity contribution in [1.82, 2.24) is 15.6 Å². The summed E-state index contributed by atoms with van der Waals surface area (Å²) in [6.45, 7) is 4.01. The van der Waals surface area contributed by atoms with Gasteiger partial charge in [-0.2, -0.15) is 0 Å². The van der Waals surface area contributed by atoms with E-state index in [1.165, 1.54) is 6.26 Å². The van der Waals surface area contributed by atoms with Crippen LogP contribution in [0.1, 0.15) is 18.2 Å². The summed E-state index contributed by atoms with van der Waals surface area (Å²) in [6, 6.07) is 6.99. The van der Waals surface area contributed by atoms with E-state index in [1.54, 1.807) is 23.5 Å². The van der Waals surface area contributed by atoms with Crippen molar-refractivity contribution < 1.29 is 8.42 Å². The molecule has 1 aromatic carbocycles. The monoisotopic (exact) mass is 409 g/mol. The molecule has 7 nitrogen and oxygen atoms in total. The van der Waals surface area contributed by atoms with Gasteiger partial charge in [-0.25, -0.2) is 18.4 Å². The number of guanidine groups is 1. The summed E-state index contributed by atoms with van der Waals surface area (Å²) in [5, 5.41) is 9.51. The smallest absolute Gasteiger partial charge is 0.191 e. The normalized spacial score (nSPS) is 12.1. The molecule has 0 fully saturated rings. The fourth-order valence-corrected chi connectivity index (χ4v) is 3.68. The number of rotatable bonds is 8. The fraction of sp³-hybridized carbons (Fsp3) is 0.444. The first kappa shape index (κ1) is 21.2. The molecule has 2 N–H and O–H groups in total. The quantitative estimate of drug-likeness (QED) is 0.512. The lowest BCUT2D eigenvalue weighted by atomic mass is 10.1. The summed E-state index contributed by atoms with van der Waals surface area (Å²) < 4.78 is 23.0. The lowest BCUT2D eigenvalue weighted by Crippen LogP contribution is -2.38. The topological polar surface area (TPSA) is 86.7 Å². The van der Waals surface area contributed by atoms with E-state index in [4.69, 9.17) is 0 Å². The Hall–Kier alpha value is -2.13. The van der Waals surface area contributed by atoms with Gasteiger partial charge in [0.2, 0.25) is 0 Å². The Morgan fingerprint density at radius 3 is 2.48 bits per heavy atom. The van der Waals surface area contributed by atoms with Gasteiger partial charge in [-0.1, -0.05) is 12.1 Å². The highest BCUT2D eigenvalue weighted by Crippen LogP contribution is 2.18. The van der Waals surface area contributed by atoms with Gasteiger partial charge in [-0.3, -0.25) is 0 Å². The van der Waals surface area contributed by atoms with Crippen molar-refractivity contribution in [2.45, 2.75) is 24.8 Å². The Morgan fingerprint density at radius 1 is 1.22 bits per heavy atom. The molecular weight excluding hydrogens is 382 g/mol. The Bertz CT molecular complexity index is 858. The first-order chi connectivity index (χ1) is 12.8. The molecule has 0 aliphatic heterocycles. The Morgan fingerprint density at radius 2 is 1.93 bits per heavy atom. The molecule has 148 valence electrons. The average molecular weight is 410 g/mol. The fourth-order valence-electron chi connectivity index (χ4n) is 2.30. The molecule has 0 aliphatic rings. The van der Waals surface area contributed by atoms with Crippen molar-refractivity contribution in [3.63, 3.8) is 0 Å². The third-order valence-electron chi connectivity index (χ3n) is 3.72. The number of hydrogen-bond donors (Lipinski definition) is 2. The maximum atomic E-state index is 11.5. The summed E-state index contributed by atoms with van der Waals surface area (Å²) in [6.07, 6.45) is 1.99. The Kier molecular flexibility index (Phi) is 7.61. The van der Waals surface area contributed by atoms with E-state index < -0.39 is 9.84 Å². The summed E-state index contributed by atoms with van der Waals surface area (Å²) in [5.74, 6) is 0.740. The molecule has 2 rings (SSSR count). The Labute approximate surface area is 165 Å². The van der Waals surface area contributed by atoms with Gasteiger partial charge in [-0.15, -0.1) is 11.3 Å². The van der Waals surface area contributed by atoms with Crippen molar-refractivity contribution >= 4 is 32.3 Å². The number of thiazole rings is 1. The number of sulfone groups is 1. The van der Waals surface area contributed by atoms with Crippen molar-refractivity contribution in [2.75, 3.05) is 38.3 Å². The van der Waals surface area contributed by atoms with Crippen LogP contribution in [0, 0.1) is 0 Å². The van der Waals surface area contributed by atoms with Gasteiger partial charge in [0.25, 0.3) is 0 Å². The van der Waals surface area contributed by atoms with Gasteiger partial charge in [0.05, 0.1) is 17.1 Å². The third-order valence-corrected chi connectivity index (χ3v) is 5.91. The van der Waals surface area contributed by atoms with Crippen LogP contribution in [0.4, 0.5) is 5.13 Å². The molecule has 2 aromatic rings. The molecule has 1 heterocycles. The predicted octanol–water partition coefficient (Wildman–Crippen LogP) is 1.91. The molecule has 0 bridgehead atoms. The zero-order chi connectivity index (χ0) is 19.9. The van der Waals surface area contributed by atoms with E-state index in [0.29, 0.717) is 18.0 Å². The van der Waals surface area contributed by atoms with Gasteiger partial charge in [0.15, 0.2) is 20.9 Å². The van der Waals surface area contributed by atoms with E-state index in [1.807, 2.05) is 43.4 Å². The highest BCUT2D eigenvalue weighted by Gasteiger charge is 2.07. The second-order valence-electron chi connectivity index (χ2n) is 6.30. The number of nitrogens with zero attached hydrogens (tertiary/aromatic N) is 3. The zero-order valence-corrected chi connectivity index (χ0v) is 17.8. The molecule has 0 unspecified atom stereocenters. The summed E-state index contributed by atoms with van der Waals surface area (Å²) in [5.41, 5.74) is 2.01. The van der Waals surface area contributed by atoms with Crippen molar-refractivity contribution in [3.05, 3.63) is 40.9 Å². The molecule has 0 saturated carbocycles. The maximum absolute atomic E-state index is 11.5. The Balaban J connectivity index is 1.89. The van der Waals surface area contributed by atoms with Crippen LogP contribution < -0.4 is 15.5 Å². The average Bonchev–Trinajstić information content (AvgIpc) is 3.09. The summed E-state index contributed by atoms with van der Waals surface area (Å²) in [4.78, 5) is 11.4. The second kappa shape index (κ2) is 9.70.